The Morgan fingerprint density at radius 3 is 2.81 bits per heavy atom. The normalized spacial score (nSPS) is 18.2. The average molecular weight is 223 g/mol. The van der Waals surface area contributed by atoms with Crippen LogP contribution in [0.1, 0.15) is 44.9 Å². The predicted molar refractivity (Wildman–Crippen MR) is 62.1 cm³/mol. The van der Waals surface area contributed by atoms with Gasteiger partial charge < -0.3 is 5.32 Å². The van der Waals surface area contributed by atoms with Crippen LogP contribution in [-0.2, 0) is 6.54 Å². The van der Waals surface area contributed by atoms with Crippen molar-refractivity contribution in [2.45, 2.75) is 45.6 Å². The van der Waals surface area contributed by atoms with Gasteiger partial charge in [-0.15, -0.1) is 10.2 Å². The van der Waals surface area contributed by atoms with Crippen molar-refractivity contribution in [2.24, 2.45) is 5.92 Å². The second kappa shape index (κ2) is 5.39. The van der Waals surface area contributed by atoms with Crippen molar-refractivity contribution >= 4 is 0 Å². The Labute approximate surface area is 96.6 Å². The van der Waals surface area contributed by atoms with Gasteiger partial charge in [0.15, 0.2) is 5.82 Å². The minimum Gasteiger partial charge on any atom is -0.317 e. The molecule has 1 N–H and O–H groups in total. The molecule has 0 aromatic carbocycles. The molecule has 16 heavy (non-hydrogen) atoms. The number of piperidine rings is 1. The van der Waals surface area contributed by atoms with Crippen molar-refractivity contribution in [1.29, 1.82) is 0 Å². The molecule has 0 amide bonds. The summed E-state index contributed by atoms with van der Waals surface area (Å²) in [5.74, 6) is 2.13. The van der Waals surface area contributed by atoms with E-state index in [2.05, 4.69) is 34.6 Å². The molecule has 0 radical (unpaired) electrons. The van der Waals surface area contributed by atoms with Gasteiger partial charge in [0, 0.05) is 5.92 Å². The van der Waals surface area contributed by atoms with Gasteiger partial charge in [0.1, 0.15) is 0 Å². The van der Waals surface area contributed by atoms with Gasteiger partial charge in [0.25, 0.3) is 0 Å². The molecule has 1 aliphatic heterocycles. The van der Waals surface area contributed by atoms with Crippen LogP contribution < -0.4 is 5.32 Å². The molecule has 0 atom stereocenters. The van der Waals surface area contributed by atoms with Gasteiger partial charge in [-0.25, -0.2) is 0 Å². The van der Waals surface area contributed by atoms with Crippen molar-refractivity contribution in [3.8, 4) is 0 Å². The topological polar surface area (TPSA) is 55.6 Å². The first-order valence-corrected chi connectivity index (χ1v) is 6.24. The van der Waals surface area contributed by atoms with E-state index in [-0.39, 0.29) is 0 Å². The fraction of sp³-hybridized carbons (Fsp3) is 0.909. The number of rotatable bonds is 4. The highest BCUT2D eigenvalue weighted by atomic mass is 15.6. The standard InChI is InChI=1S/C11H21N5/c1-9(2)5-8-16-14-11(13-15-16)10-3-6-12-7-4-10/h9-10,12H,3-8H2,1-2H3. The molecule has 0 saturated carbocycles. The van der Waals surface area contributed by atoms with Crippen molar-refractivity contribution in [1.82, 2.24) is 25.5 Å². The number of hydrogen-bond donors (Lipinski definition) is 1. The maximum atomic E-state index is 4.47. The maximum absolute atomic E-state index is 4.47. The Kier molecular flexibility index (Phi) is 3.88. The van der Waals surface area contributed by atoms with Gasteiger partial charge in [-0.05, 0) is 43.5 Å². The van der Waals surface area contributed by atoms with Crippen LogP contribution in [0.2, 0.25) is 0 Å². The largest absolute Gasteiger partial charge is 0.317 e. The first-order chi connectivity index (χ1) is 7.75. The first-order valence-electron chi connectivity index (χ1n) is 6.24. The van der Waals surface area contributed by atoms with Crippen molar-refractivity contribution in [3.63, 3.8) is 0 Å². The number of aryl methyl sites for hydroxylation is 1. The summed E-state index contributed by atoms with van der Waals surface area (Å²) in [4.78, 5) is 1.75. The molecule has 1 aliphatic rings. The summed E-state index contributed by atoms with van der Waals surface area (Å²) in [7, 11) is 0. The van der Waals surface area contributed by atoms with Crippen LogP contribution in [0.25, 0.3) is 0 Å². The van der Waals surface area contributed by atoms with Gasteiger partial charge in [0.2, 0.25) is 0 Å². The Bertz CT molecular complexity index is 314. The van der Waals surface area contributed by atoms with E-state index < -0.39 is 0 Å². The summed E-state index contributed by atoms with van der Waals surface area (Å²) in [6.45, 7) is 7.46. The van der Waals surface area contributed by atoms with Gasteiger partial charge in [0.05, 0.1) is 6.54 Å². The zero-order valence-electron chi connectivity index (χ0n) is 10.2. The number of nitrogens with zero attached hydrogens (tertiary/aromatic N) is 4. The third kappa shape index (κ3) is 3.01. The maximum Gasteiger partial charge on any atom is 0.177 e. The zero-order valence-corrected chi connectivity index (χ0v) is 10.2. The minimum atomic E-state index is 0.508. The quantitative estimate of drug-likeness (QED) is 0.833. The summed E-state index contributed by atoms with van der Waals surface area (Å²) in [5, 5.41) is 16.1. The first kappa shape index (κ1) is 11.5. The van der Waals surface area contributed by atoms with E-state index in [0.717, 1.165) is 44.7 Å². The molecule has 1 saturated heterocycles. The SMILES string of the molecule is CC(C)CCn1nnc(C2CCNCC2)n1. The van der Waals surface area contributed by atoms with E-state index in [0.29, 0.717) is 11.8 Å². The molecule has 1 aromatic heterocycles. The number of nitrogens with one attached hydrogen (secondary N) is 1. The Balaban J connectivity index is 1.90. The van der Waals surface area contributed by atoms with E-state index in [1.165, 1.54) is 0 Å². The van der Waals surface area contributed by atoms with Crippen molar-refractivity contribution < 1.29 is 0 Å². The fourth-order valence-electron chi connectivity index (χ4n) is 1.97. The average Bonchev–Trinajstić information content (AvgIpc) is 2.76. The molecule has 2 heterocycles. The summed E-state index contributed by atoms with van der Waals surface area (Å²) >= 11 is 0. The van der Waals surface area contributed by atoms with Gasteiger partial charge in [-0.2, -0.15) is 4.80 Å². The summed E-state index contributed by atoms with van der Waals surface area (Å²) in [6.07, 6.45) is 3.38. The van der Waals surface area contributed by atoms with Crippen LogP contribution in [-0.4, -0.2) is 33.3 Å². The molecule has 5 nitrogen and oxygen atoms in total. The highest BCUT2D eigenvalue weighted by molar-refractivity contribution is 4.93. The molecule has 1 aromatic rings. The second-order valence-electron chi connectivity index (χ2n) is 4.95. The van der Waals surface area contributed by atoms with Crippen LogP contribution in [0.5, 0.6) is 0 Å². The van der Waals surface area contributed by atoms with Crippen LogP contribution in [0.4, 0.5) is 0 Å². The van der Waals surface area contributed by atoms with E-state index >= 15 is 0 Å². The lowest BCUT2D eigenvalue weighted by Gasteiger charge is -2.19. The Morgan fingerprint density at radius 2 is 2.12 bits per heavy atom. The number of tetrazole rings is 1. The van der Waals surface area contributed by atoms with Crippen LogP contribution in [0.15, 0.2) is 0 Å². The zero-order chi connectivity index (χ0) is 11.4. The second-order valence-corrected chi connectivity index (χ2v) is 4.95. The van der Waals surface area contributed by atoms with Crippen molar-refractivity contribution in [2.75, 3.05) is 13.1 Å². The lowest BCUT2D eigenvalue weighted by Crippen LogP contribution is -2.27. The van der Waals surface area contributed by atoms with Crippen LogP contribution >= 0.6 is 0 Å². The summed E-state index contributed by atoms with van der Waals surface area (Å²) < 4.78 is 0. The monoisotopic (exact) mass is 223 g/mol. The summed E-state index contributed by atoms with van der Waals surface area (Å²) in [6, 6.07) is 0. The highest BCUT2D eigenvalue weighted by Gasteiger charge is 2.19. The third-order valence-electron chi connectivity index (χ3n) is 3.08. The fourth-order valence-corrected chi connectivity index (χ4v) is 1.97. The van der Waals surface area contributed by atoms with Crippen molar-refractivity contribution in [3.05, 3.63) is 5.82 Å². The predicted octanol–water partition coefficient (Wildman–Crippen LogP) is 1.19. The van der Waals surface area contributed by atoms with Crippen LogP contribution in [0, 0.1) is 5.92 Å². The highest BCUT2D eigenvalue weighted by Crippen LogP contribution is 2.20. The third-order valence-corrected chi connectivity index (χ3v) is 3.08. The molecule has 0 bridgehead atoms. The molecule has 2 rings (SSSR count). The molecular weight excluding hydrogens is 202 g/mol. The van der Waals surface area contributed by atoms with Crippen LogP contribution in [0.3, 0.4) is 0 Å². The van der Waals surface area contributed by atoms with Gasteiger partial charge in [-0.3, -0.25) is 0 Å². The number of aromatic nitrogens is 4. The van der Waals surface area contributed by atoms with E-state index in [4.69, 9.17) is 0 Å². The minimum absolute atomic E-state index is 0.508. The lowest BCUT2D eigenvalue weighted by atomic mass is 9.98. The molecule has 0 spiro atoms. The molecule has 0 unspecified atom stereocenters. The molecule has 0 aliphatic carbocycles. The van der Waals surface area contributed by atoms with E-state index in [9.17, 15) is 0 Å². The lowest BCUT2D eigenvalue weighted by molar-refractivity contribution is 0.427. The molecule has 5 heteroatoms. The molecule has 1 fully saturated rings. The Morgan fingerprint density at radius 1 is 1.38 bits per heavy atom. The Hall–Kier alpha value is -0.970. The number of hydrogen-bond acceptors (Lipinski definition) is 4. The van der Waals surface area contributed by atoms with E-state index in [1.807, 2.05) is 0 Å². The molecular formula is C11H21N5. The van der Waals surface area contributed by atoms with E-state index in [1.54, 1.807) is 4.80 Å². The van der Waals surface area contributed by atoms with Gasteiger partial charge >= 0.3 is 0 Å². The smallest absolute Gasteiger partial charge is 0.177 e. The summed E-state index contributed by atoms with van der Waals surface area (Å²) in [5.41, 5.74) is 0. The van der Waals surface area contributed by atoms with Gasteiger partial charge in [-0.1, -0.05) is 13.8 Å². The molecule has 90 valence electrons.